The highest BCUT2D eigenvalue weighted by atomic mass is 35.5. The summed E-state index contributed by atoms with van der Waals surface area (Å²) in [7, 11) is 0. The molecule has 1 aromatic carbocycles. The van der Waals surface area contributed by atoms with E-state index in [1.165, 1.54) is 6.08 Å². The number of nitrogens with zero attached hydrogens (tertiary/aromatic N) is 1. The first kappa shape index (κ1) is 26.0. The quantitative estimate of drug-likeness (QED) is 0.156. The Bertz CT molecular complexity index is 697. The maximum Gasteiger partial charge on any atom is 0.138 e. The van der Waals surface area contributed by atoms with Gasteiger partial charge in [0, 0.05) is 6.21 Å². The Hall–Kier alpha value is -1.07. The average molecular weight is 483 g/mol. The molecule has 0 radical (unpaired) electrons. The van der Waals surface area contributed by atoms with Crippen molar-refractivity contribution in [2.75, 3.05) is 19.8 Å². The van der Waals surface area contributed by atoms with Gasteiger partial charge < -0.3 is 14.3 Å². The van der Waals surface area contributed by atoms with Gasteiger partial charge in [0.25, 0.3) is 0 Å². The molecule has 0 aliphatic heterocycles. The van der Waals surface area contributed by atoms with Gasteiger partial charge in [-0.25, -0.2) is 0 Å². The summed E-state index contributed by atoms with van der Waals surface area (Å²) in [5.41, 5.74) is 2.17. The molecule has 4 nitrogen and oxygen atoms in total. The van der Waals surface area contributed by atoms with Gasteiger partial charge in [-0.05, 0) is 74.4 Å². The standard InChI is InChI=1S/C21H27Cl4NO3/c1-3-17-15-18(27-12-8-19(22)23)14-16(2)21(17)28-11-7-5-4-6-10-26-29-13-9-20(24)25/h8-10,14-15H,3-7,11-13H2,1-2H3/b26-10+. The highest BCUT2D eigenvalue weighted by molar-refractivity contribution is 6.56. The molecule has 0 unspecified atom stereocenters. The van der Waals surface area contributed by atoms with Gasteiger partial charge in [-0.15, -0.1) is 0 Å². The van der Waals surface area contributed by atoms with Crippen LogP contribution in [0.4, 0.5) is 0 Å². The third kappa shape index (κ3) is 12.3. The lowest BCUT2D eigenvalue weighted by atomic mass is 10.1. The number of halogens is 4. The number of hydrogen-bond acceptors (Lipinski definition) is 4. The van der Waals surface area contributed by atoms with Crippen molar-refractivity contribution in [3.8, 4) is 11.5 Å². The fourth-order valence-corrected chi connectivity index (χ4v) is 2.75. The normalized spacial score (nSPS) is 10.7. The highest BCUT2D eigenvalue weighted by Gasteiger charge is 2.09. The summed E-state index contributed by atoms with van der Waals surface area (Å²) < 4.78 is 12.1. The van der Waals surface area contributed by atoms with Crippen LogP contribution >= 0.6 is 46.4 Å². The van der Waals surface area contributed by atoms with Crippen molar-refractivity contribution in [1.29, 1.82) is 0 Å². The number of ether oxygens (including phenoxy) is 2. The maximum absolute atomic E-state index is 6.04. The molecule has 0 aliphatic rings. The van der Waals surface area contributed by atoms with E-state index in [-0.39, 0.29) is 15.6 Å². The van der Waals surface area contributed by atoms with E-state index in [1.807, 2.05) is 19.1 Å². The summed E-state index contributed by atoms with van der Waals surface area (Å²) in [6.07, 6.45) is 9.65. The Kier molecular flexibility index (Phi) is 14.1. The van der Waals surface area contributed by atoms with E-state index in [1.54, 1.807) is 12.3 Å². The van der Waals surface area contributed by atoms with Gasteiger partial charge in [0.1, 0.15) is 33.7 Å². The third-order valence-electron chi connectivity index (χ3n) is 3.88. The molecule has 0 N–H and O–H groups in total. The van der Waals surface area contributed by atoms with Crippen LogP contribution in [0.25, 0.3) is 0 Å². The van der Waals surface area contributed by atoms with E-state index in [9.17, 15) is 0 Å². The van der Waals surface area contributed by atoms with Crippen molar-refractivity contribution in [2.24, 2.45) is 5.16 Å². The van der Waals surface area contributed by atoms with Crippen LogP contribution in [-0.4, -0.2) is 26.0 Å². The summed E-state index contributed by atoms with van der Waals surface area (Å²) >= 11 is 22.1. The summed E-state index contributed by atoms with van der Waals surface area (Å²) in [4.78, 5) is 4.99. The van der Waals surface area contributed by atoms with Crippen LogP contribution in [0, 0.1) is 6.92 Å². The minimum atomic E-state index is 0.178. The van der Waals surface area contributed by atoms with Gasteiger partial charge in [-0.1, -0.05) is 58.5 Å². The van der Waals surface area contributed by atoms with Crippen molar-refractivity contribution < 1.29 is 14.3 Å². The Labute approximate surface area is 193 Å². The second kappa shape index (κ2) is 15.7. The lowest BCUT2D eigenvalue weighted by molar-refractivity contribution is 0.175. The molecule has 1 rings (SSSR count). The lowest BCUT2D eigenvalue weighted by Gasteiger charge is -2.15. The second-order valence-electron chi connectivity index (χ2n) is 6.16. The molecule has 0 atom stereocenters. The lowest BCUT2D eigenvalue weighted by Crippen LogP contribution is -2.03. The van der Waals surface area contributed by atoms with Gasteiger partial charge in [0.05, 0.1) is 6.61 Å². The first-order valence-electron chi connectivity index (χ1n) is 9.49. The number of oxime groups is 1. The van der Waals surface area contributed by atoms with Gasteiger partial charge in [0.15, 0.2) is 0 Å². The second-order valence-corrected chi connectivity index (χ2v) is 8.18. The smallest absolute Gasteiger partial charge is 0.138 e. The van der Waals surface area contributed by atoms with Gasteiger partial charge in [-0.2, -0.15) is 0 Å². The van der Waals surface area contributed by atoms with Gasteiger partial charge in [-0.3, -0.25) is 0 Å². The maximum atomic E-state index is 6.04. The minimum Gasteiger partial charge on any atom is -0.493 e. The fourth-order valence-electron chi connectivity index (χ4n) is 2.50. The molecule has 162 valence electrons. The van der Waals surface area contributed by atoms with Crippen LogP contribution in [0.3, 0.4) is 0 Å². The predicted molar refractivity (Wildman–Crippen MR) is 124 cm³/mol. The molecular formula is C21H27Cl4NO3. The average Bonchev–Trinajstić information content (AvgIpc) is 2.66. The topological polar surface area (TPSA) is 40.0 Å². The molecule has 8 heteroatoms. The summed E-state index contributed by atoms with van der Waals surface area (Å²) in [6, 6.07) is 3.97. The zero-order chi connectivity index (χ0) is 21.5. The van der Waals surface area contributed by atoms with E-state index in [2.05, 4.69) is 12.1 Å². The molecule has 0 aromatic heterocycles. The number of rotatable bonds is 14. The van der Waals surface area contributed by atoms with Crippen molar-refractivity contribution in [1.82, 2.24) is 0 Å². The first-order valence-corrected chi connectivity index (χ1v) is 11.0. The van der Waals surface area contributed by atoms with Crippen molar-refractivity contribution in [3.63, 3.8) is 0 Å². The molecule has 0 spiro atoms. The number of unbranched alkanes of at least 4 members (excludes halogenated alkanes) is 3. The molecule has 1 aromatic rings. The molecule has 0 bridgehead atoms. The largest absolute Gasteiger partial charge is 0.493 e. The summed E-state index contributed by atoms with van der Waals surface area (Å²) in [5, 5.41) is 3.83. The Morgan fingerprint density at radius 1 is 0.966 bits per heavy atom. The number of hydrogen-bond donors (Lipinski definition) is 0. The van der Waals surface area contributed by atoms with E-state index in [4.69, 9.17) is 60.7 Å². The Morgan fingerprint density at radius 3 is 2.38 bits per heavy atom. The fraction of sp³-hybridized carbons (Fsp3) is 0.476. The van der Waals surface area contributed by atoms with E-state index >= 15 is 0 Å². The summed E-state index contributed by atoms with van der Waals surface area (Å²) in [6.45, 7) is 5.39. The zero-order valence-electron chi connectivity index (χ0n) is 16.7. The van der Waals surface area contributed by atoms with E-state index in [0.717, 1.165) is 54.7 Å². The third-order valence-corrected chi connectivity index (χ3v) is 4.50. The SMILES string of the molecule is CCc1cc(OCC=C(Cl)Cl)cc(C)c1OCCCCC/C=N/OCC=C(Cl)Cl. The molecule has 0 heterocycles. The molecule has 29 heavy (non-hydrogen) atoms. The molecule has 0 saturated carbocycles. The molecule has 0 saturated heterocycles. The Morgan fingerprint density at radius 2 is 1.69 bits per heavy atom. The number of benzene rings is 1. The van der Waals surface area contributed by atoms with Crippen LogP contribution in [-0.2, 0) is 11.3 Å². The van der Waals surface area contributed by atoms with E-state index in [0.29, 0.717) is 13.2 Å². The summed E-state index contributed by atoms with van der Waals surface area (Å²) in [5.74, 6) is 1.72. The van der Waals surface area contributed by atoms with Crippen LogP contribution in [0.15, 0.2) is 38.4 Å². The molecule has 0 fully saturated rings. The highest BCUT2D eigenvalue weighted by Crippen LogP contribution is 2.30. The van der Waals surface area contributed by atoms with Crippen LogP contribution in [0.1, 0.15) is 43.7 Å². The van der Waals surface area contributed by atoms with Gasteiger partial charge in [0.2, 0.25) is 0 Å². The van der Waals surface area contributed by atoms with Crippen LogP contribution < -0.4 is 9.47 Å². The van der Waals surface area contributed by atoms with Crippen LogP contribution in [0.2, 0.25) is 0 Å². The Balaban J connectivity index is 2.34. The molecular weight excluding hydrogens is 456 g/mol. The van der Waals surface area contributed by atoms with E-state index < -0.39 is 0 Å². The zero-order valence-corrected chi connectivity index (χ0v) is 19.8. The minimum absolute atomic E-state index is 0.178. The number of aryl methyl sites for hydroxylation is 2. The van der Waals surface area contributed by atoms with Crippen molar-refractivity contribution >= 4 is 52.6 Å². The molecule has 0 aliphatic carbocycles. The van der Waals surface area contributed by atoms with Crippen molar-refractivity contribution in [2.45, 2.75) is 46.0 Å². The first-order chi connectivity index (χ1) is 13.9. The van der Waals surface area contributed by atoms with Crippen LogP contribution in [0.5, 0.6) is 11.5 Å². The van der Waals surface area contributed by atoms with Gasteiger partial charge >= 0.3 is 0 Å². The monoisotopic (exact) mass is 481 g/mol. The van der Waals surface area contributed by atoms with Crippen molar-refractivity contribution in [3.05, 3.63) is 44.4 Å². The predicted octanol–water partition coefficient (Wildman–Crippen LogP) is 7.52. The molecule has 0 amide bonds.